The molecule has 2 rings (SSSR count). The van der Waals surface area contributed by atoms with Gasteiger partial charge in [0, 0.05) is 22.6 Å². The van der Waals surface area contributed by atoms with E-state index in [1.165, 1.54) is 0 Å². The molecular formula is C13H13BrN2O2S. The zero-order chi connectivity index (χ0) is 14.0. The summed E-state index contributed by atoms with van der Waals surface area (Å²) < 4.78 is 25.5. The quantitative estimate of drug-likeness (QED) is 0.872. The molecule has 1 aromatic carbocycles. The highest BCUT2D eigenvalue weighted by molar-refractivity contribution is 9.10. The second kappa shape index (κ2) is 5.30. The number of anilines is 1. The molecule has 0 bridgehead atoms. The average molecular weight is 341 g/mol. The topological polar surface area (TPSA) is 73.1 Å². The number of aromatic nitrogens is 1. The van der Waals surface area contributed by atoms with E-state index in [1.807, 2.05) is 0 Å². The second-order valence-corrected chi connectivity index (χ2v) is 7.11. The second-order valence-electron chi connectivity index (χ2n) is 4.24. The van der Waals surface area contributed by atoms with Crippen LogP contribution in [0.25, 0.3) is 0 Å². The van der Waals surface area contributed by atoms with Crippen LogP contribution in [0.4, 0.5) is 5.69 Å². The van der Waals surface area contributed by atoms with E-state index in [4.69, 9.17) is 5.73 Å². The summed E-state index contributed by atoms with van der Waals surface area (Å²) in [5.41, 5.74) is 7.45. The molecule has 2 aromatic rings. The SMILES string of the molecule is Cc1c(N)cccc1S(=O)(=O)Cc1cncc(Br)c1. The van der Waals surface area contributed by atoms with Crippen molar-refractivity contribution >= 4 is 31.5 Å². The van der Waals surface area contributed by atoms with Gasteiger partial charge in [-0.05, 0) is 52.2 Å². The van der Waals surface area contributed by atoms with E-state index in [2.05, 4.69) is 20.9 Å². The molecular weight excluding hydrogens is 328 g/mol. The number of benzene rings is 1. The zero-order valence-corrected chi connectivity index (χ0v) is 12.7. The van der Waals surface area contributed by atoms with Gasteiger partial charge in [-0.1, -0.05) is 6.07 Å². The Morgan fingerprint density at radius 1 is 1.32 bits per heavy atom. The lowest BCUT2D eigenvalue weighted by Gasteiger charge is -2.09. The first-order chi connectivity index (χ1) is 8.90. The zero-order valence-electron chi connectivity index (χ0n) is 10.3. The lowest BCUT2D eigenvalue weighted by Crippen LogP contribution is -2.08. The minimum absolute atomic E-state index is 0.0935. The Kier molecular flexibility index (Phi) is 3.91. The maximum absolute atomic E-state index is 12.4. The normalized spacial score (nSPS) is 11.5. The van der Waals surface area contributed by atoms with Crippen LogP contribution < -0.4 is 5.73 Å². The van der Waals surface area contributed by atoms with Crippen LogP contribution >= 0.6 is 15.9 Å². The third-order valence-corrected chi connectivity index (χ3v) is 5.04. The van der Waals surface area contributed by atoms with Gasteiger partial charge in [-0.15, -0.1) is 0 Å². The number of nitrogens with two attached hydrogens (primary N) is 1. The molecule has 0 aliphatic heterocycles. The summed E-state index contributed by atoms with van der Waals surface area (Å²) in [4.78, 5) is 4.24. The largest absolute Gasteiger partial charge is 0.398 e. The third-order valence-electron chi connectivity index (χ3n) is 2.78. The van der Waals surface area contributed by atoms with Crippen molar-refractivity contribution in [3.05, 3.63) is 52.3 Å². The molecule has 0 saturated carbocycles. The maximum atomic E-state index is 12.4. The molecule has 0 spiro atoms. The Bertz CT molecular complexity index is 714. The van der Waals surface area contributed by atoms with Gasteiger partial charge in [0.25, 0.3) is 0 Å². The average Bonchev–Trinajstić information content (AvgIpc) is 2.32. The van der Waals surface area contributed by atoms with Crippen molar-refractivity contribution in [3.8, 4) is 0 Å². The van der Waals surface area contributed by atoms with Crippen LogP contribution in [-0.2, 0) is 15.6 Å². The van der Waals surface area contributed by atoms with E-state index in [1.54, 1.807) is 43.6 Å². The van der Waals surface area contributed by atoms with Crippen molar-refractivity contribution in [1.29, 1.82) is 0 Å². The van der Waals surface area contributed by atoms with Gasteiger partial charge in [0.1, 0.15) is 0 Å². The molecule has 0 aliphatic rings. The highest BCUT2D eigenvalue weighted by Gasteiger charge is 2.19. The molecule has 0 saturated heterocycles. The number of pyridine rings is 1. The number of hydrogen-bond acceptors (Lipinski definition) is 4. The minimum atomic E-state index is -3.42. The molecule has 0 fully saturated rings. The number of nitrogen functional groups attached to an aromatic ring is 1. The fourth-order valence-corrected chi connectivity index (χ4v) is 3.84. The van der Waals surface area contributed by atoms with Crippen LogP contribution in [0.5, 0.6) is 0 Å². The molecule has 0 atom stereocenters. The summed E-state index contributed by atoms with van der Waals surface area (Å²) in [6.07, 6.45) is 3.16. The van der Waals surface area contributed by atoms with Gasteiger partial charge in [-0.3, -0.25) is 4.98 Å². The van der Waals surface area contributed by atoms with Gasteiger partial charge < -0.3 is 5.73 Å². The van der Waals surface area contributed by atoms with E-state index < -0.39 is 9.84 Å². The number of sulfone groups is 1. The predicted molar refractivity (Wildman–Crippen MR) is 78.4 cm³/mol. The predicted octanol–water partition coefficient (Wildman–Crippen LogP) is 2.71. The molecule has 0 aliphatic carbocycles. The van der Waals surface area contributed by atoms with E-state index in [-0.39, 0.29) is 10.6 Å². The van der Waals surface area contributed by atoms with Crippen molar-refractivity contribution < 1.29 is 8.42 Å². The summed E-state index contributed by atoms with van der Waals surface area (Å²) in [7, 11) is -3.42. The minimum Gasteiger partial charge on any atom is -0.398 e. The fourth-order valence-electron chi connectivity index (χ4n) is 1.80. The van der Waals surface area contributed by atoms with Crippen LogP contribution in [0.15, 0.2) is 46.0 Å². The van der Waals surface area contributed by atoms with E-state index in [9.17, 15) is 8.42 Å². The van der Waals surface area contributed by atoms with Crippen LogP contribution in [0, 0.1) is 6.92 Å². The molecule has 2 N–H and O–H groups in total. The standard InChI is InChI=1S/C13H13BrN2O2S/c1-9-12(15)3-2-4-13(9)19(17,18)8-10-5-11(14)7-16-6-10/h2-7H,8,15H2,1H3. The lowest BCUT2D eigenvalue weighted by molar-refractivity contribution is 0.594. The maximum Gasteiger partial charge on any atom is 0.182 e. The lowest BCUT2D eigenvalue weighted by atomic mass is 10.2. The summed E-state index contributed by atoms with van der Waals surface area (Å²) in [6.45, 7) is 1.71. The molecule has 1 aromatic heterocycles. The van der Waals surface area contributed by atoms with Crippen LogP contribution in [0.2, 0.25) is 0 Å². The van der Waals surface area contributed by atoms with Crippen LogP contribution in [-0.4, -0.2) is 13.4 Å². The Morgan fingerprint density at radius 3 is 2.74 bits per heavy atom. The molecule has 6 heteroatoms. The van der Waals surface area contributed by atoms with Crippen molar-refractivity contribution in [2.24, 2.45) is 0 Å². The molecule has 19 heavy (non-hydrogen) atoms. The first-order valence-electron chi connectivity index (χ1n) is 5.57. The Labute approximate surface area is 120 Å². The van der Waals surface area contributed by atoms with Crippen LogP contribution in [0.3, 0.4) is 0 Å². The van der Waals surface area contributed by atoms with E-state index in [0.717, 1.165) is 4.47 Å². The summed E-state index contributed by atoms with van der Waals surface area (Å²) in [5, 5.41) is 0. The summed E-state index contributed by atoms with van der Waals surface area (Å²) in [5.74, 6) is -0.0935. The molecule has 100 valence electrons. The van der Waals surface area contributed by atoms with Gasteiger partial charge in [0.2, 0.25) is 0 Å². The summed E-state index contributed by atoms with van der Waals surface area (Å²) in [6, 6.07) is 6.65. The summed E-state index contributed by atoms with van der Waals surface area (Å²) >= 11 is 3.27. The molecule has 0 amide bonds. The molecule has 4 nitrogen and oxygen atoms in total. The fraction of sp³-hybridized carbons (Fsp3) is 0.154. The van der Waals surface area contributed by atoms with Crippen LogP contribution in [0.1, 0.15) is 11.1 Å². The first-order valence-corrected chi connectivity index (χ1v) is 8.02. The third kappa shape index (κ3) is 3.13. The highest BCUT2D eigenvalue weighted by Crippen LogP contribution is 2.24. The van der Waals surface area contributed by atoms with Gasteiger partial charge >= 0.3 is 0 Å². The van der Waals surface area contributed by atoms with Crippen molar-refractivity contribution in [1.82, 2.24) is 4.98 Å². The Hall–Kier alpha value is -1.40. The first kappa shape index (κ1) is 14.0. The molecule has 1 heterocycles. The highest BCUT2D eigenvalue weighted by atomic mass is 79.9. The number of rotatable bonds is 3. The van der Waals surface area contributed by atoms with Gasteiger partial charge in [0.15, 0.2) is 9.84 Å². The Morgan fingerprint density at radius 2 is 2.05 bits per heavy atom. The number of nitrogens with zero attached hydrogens (tertiary/aromatic N) is 1. The number of hydrogen-bond donors (Lipinski definition) is 1. The van der Waals surface area contributed by atoms with Crippen molar-refractivity contribution in [3.63, 3.8) is 0 Å². The van der Waals surface area contributed by atoms with E-state index >= 15 is 0 Å². The monoisotopic (exact) mass is 340 g/mol. The molecule has 0 radical (unpaired) electrons. The smallest absolute Gasteiger partial charge is 0.182 e. The Balaban J connectivity index is 2.41. The van der Waals surface area contributed by atoms with Gasteiger partial charge in [-0.2, -0.15) is 0 Å². The number of halogens is 1. The van der Waals surface area contributed by atoms with E-state index in [0.29, 0.717) is 16.8 Å². The molecule has 0 unspecified atom stereocenters. The van der Waals surface area contributed by atoms with Gasteiger partial charge in [-0.25, -0.2) is 8.42 Å². The van der Waals surface area contributed by atoms with Gasteiger partial charge in [0.05, 0.1) is 10.6 Å². The van der Waals surface area contributed by atoms with Crippen molar-refractivity contribution in [2.75, 3.05) is 5.73 Å². The van der Waals surface area contributed by atoms with Crippen molar-refractivity contribution in [2.45, 2.75) is 17.6 Å².